The SMILES string of the molecule is NCc1ccc(SCC2CCCCC2)c(Cl)c1. The van der Waals surface area contributed by atoms with Crippen molar-refractivity contribution in [3.8, 4) is 0 Å². The lowest BCUT2D eigenvalue weighted by atomic mass is 9.91. The Morgan fingerprint density at radius 1 is 1.24 bits per heavy atom. The average Bonchev–Trinajstić information content (AvgIpc) is 2.38. The van der Waals surface area contributed by atoms with E-state index in [1.54, 1.807) is 0 Å². The lowest BCUT2D eigenvalue weighted by Crippen LogP contribution is -2.08. The summed E-state index contributed by atoms with van der Waals surface area (Å²) in [5, 5.41) is 0.855. The van der Waals surface area contributed by atoms with Gasteiger partial charge in [-0.15, -0.1) is 11.8 Å². The summed E-state index contributed by atoms with van der Waals surface area (Å²) in [5.74, 6) is 2.10. The van der Waals surface area contributed by atoms with Crippen molar-refractivity contribution in [1.82, 2.24) is 0 Å². The van der Waals surface area contributed by atoms with Gasteiger partial charge >= 0.3 is 0 Å². The third-order valence-electron chi connectivity index (χ3n) is 3.43. The van der Waals surface area contributed by atoms with E-state index in [0.717, 1.165) is 16.5 Å². The first-order valence-corrected chi connectivity index (χ1v) is 7.77. The third kappa shape index (κ3) is 3.90. The minimum absolute atomic E-state index is 0.563. The summed E-state index contributed by atoms with van der Waals surface area (Å²) < 4.78 is 0. The van der Waals surface area contributed by atoms with Crippen molar-refractivity contribution >= 4 is 23.4 Å². The number of benzene rings is 1. The van der Waals surface area contributed by atoms with E-state index in [9.17, 15) is 0 Å². The van der Waals surface area contributed by atoms with Gasteiger partial charge in [-0.2, -0.15) is 0 Å². The van der Waals surface area contributed by atoms with Gasteiger partial charge in [-0.25, -0.2) is 0 Å². The van der Waals surface area contributed by atoms with Crippen molar-refractivity contribution in [2.75, 3.05) is 5.75 Å². The number of nitrogens with two attached hydrogens (primary N) is 1. The van der Waals surface area contributed by atoms with Crippen LogP contribution in [0.3, 0.4) is 0 Å². The van der Waals surface area contributed by atoms with Gasteiger partial charge in [0.15, 0.2) is 0 Å². The van der Waals surface area contributed by atoms with Crippen LogP contribution < -0.4 is 5.73 Å². The maximum Gasteiger partial charge on any atom is 0.0545 e. The zero-order valence-corrected chi connectivity index (χ0v) is 11.7. The van der Waals surface area contributed by atoms with E-state index in [2.05, 4.69) is 12.1 Å². The highest BCUT2D eigenvalue weighted by molar-refractivity contribution is 7.99. The molecule has 94 valence electrons. The monoisotopic (exact) mass is 269 g/mol. The maximum absolute atomic E-state index is 6.25. The van der Waals surface area contributed by atoms with E-state index in [1.165, 1.54) is 42.8 Å². The molecule has 0 unspecified atom stereocenters. The van der Waals surface area contributed by atoms with Crippen LogP contribution in [0.15, 0.2) is 23.1 Å². The molecule has 0 saturated heterocycles. The smallest absolute Gasteiger partial charge is 0.0545 e. The fraction of sp³-hybridized carbons (Fsp3) is 0.571. The standard InChI is InChI=1S/C14H20ClNS/c15-13-8-12(9-16)6-7-14(13)17-10-11-4-2-1-3-5-11/h6-8,11H,1-5,9-10,16H2. The molecule has 2 N–H and O–H groups in total. The van der Waals surface area contributed by atoms with Crippen molar-refractivity contribution in [1.29, 1.82) is 0 Å². The van der Waals surface area contributed by atoms with Gasteiger partial charge in [0.2, 0.25) is 0 Å². The topological polar surface area (TPSA) is 26.0 Å². The second kappa shape index (κ2) is 6.67. The van der Waals surface area contributed by atoms with E-state index in [4.69, 9.17) is 17.3 Å². The minimum atomic E-state index is 0.563. The molecule has 1 aromatic rings. The van der Waals surface area contributed by atoms with Gasteiger partial charge in [-0.1, -0.05) is 36.9 Å². The van der Waals surface area contributed by atoms with Gasteiger partial charge < -0.3 is 5.73 Å². The fourth-order valence-electron chi connectivity index (χ4n) is 2.35. The first-order chi connectivity index (χ1) is 8.29. The molecular formula is C14H20ClNS. The number of hydrogen-bond acceptors (Lipinski definition) is 2. The van der Waals surface area contributed by atoms with Crippen molar-refractivity contribution in [2.45, 2.75) is 43.5 Å². The third-order valence-corrected chi connectivity index (χ3v) is 5.16. The Morgan fingerprint density at radius 2 is 2.00 bits per heavy atom. The Hall–Kier alpha value is -0.180. The second-order valence-corrected chi connectivity index (χ2v) is 6.25. The highest BCUT2D eigenvalue weighted by Gasteiger charge is 2.14. The normalized spacial score (nSPS) is 17.3. The number of halogens is 1. The molecule has 0 bridgehead atoms. The molecule has 17 heavy (non-hydrogen) atoms. The highest BCUT2D eigenvalue weighted by Crippen LogP contribution is 2.33. The van der Waals surface area contributed by atoms with Crippen molar-refractivity contribution < 1.29 is 0 Å². The molecule has 1 saturated carbocycles. The van der Waals surface area contributed by atoms with Gasteiger partial charge in [-0.05, 0) is 36.5 Å². The molecule has 1 fully saturated rings. The Labute approximate surface area is 113 Å². The van der Waals surface area contributed by atoms with Crippen LogP contribution in [0.25, 0.3) is 0 Å². The van der Waals surface area contributed by atoms with Crippen molar-refractivity contribution in [3.63, 3.8) is 0 Å². The lowest BCUT2D eigenvalue weighted by molar-refractivity contribution is 0.391. The molecule has 0 radical (unpaired) electrons. The van der Waals surface area contributed by atoms with Crippen LogP contribution in [0, 0.1) is 5.92 Å². The zero-order chi connectivity index (χ0) is 12.1. The van der Waals surface area contributed by atoms with Crippen molar-refractivity contribution in [2.24, 2.45) is 11.7 Å². The Kier molecular flexibility index (Phi) is 5.20. The molecule has 0 heterocycles. The number of thioether (sulfide) groups is 1. The summed E-state index contributed by atoms with van der Waals surface area (Å²) in [6.45, 7) is 0.563. The van der Waals surface area contributed by atoms with E-state index in [-0.39, 0.29) is 0 Å². The Bertz CT molecular complexity index is 361. The number of hydrogen-bond donors (Lipinski definition) is 1. The van der Waals surface area contributed by atoms with Crippen LogP contribution in [0.5, 0.6) is 0 Å². The molecule has 1 nitrogen and oxygen atoms in total. The zero-order valence-electron chi connectivity index (χ0n) is 10.1. The molecule has 3 heteroatoms. The molecule has 1 aliphatic carbocycles. The van der Waals surface area contributed by atoms with Crippen LogP contribution in [-0.4, -0.2) is 5.75 Å². The van der Waals surface area contributed by atoms with Crippen LogP contribution in [0.1, 0.15) is 37.7 Å². The molecule has 1 aliphatic rings. The molecular weight excluding hydrogens is 250 g/mol. The van der Waals surface area contributed by atoms with Crippen LogP contribution in [0.2, 0.25) is 5.02 Å². The molecule has 1 aromatic carbocycles. The first-order valence-electron chi connectivity index (χ1n) is 6.41. The van der Waals surface area contributed by atoms with E-state index in [0.29, 0.717) is 6.54 Å². The average molecular weight is 270 g/mol. The summed E-state index contributed by atoms with van der Waals surface area (Å²) in [7, 11) is 0. The molecule has 0 spiro atoms. The van der Waals surface area contributed by atoms with Crippen LogP contribution in [-0.2, 0) is 6.54 Å². The molecule has 0 amide bonds. The van der Waals surface area contributed by atoms with Crippen molar-refractivity contribution in [3.05, 3.63) is 28.8 Å². The predicted molar refractivity (Wildman–Crippen MR) is 76.6 cm³/mol. The van der Waals surface area contributed by atoms with Crippen LogP contribution >= 0.6 is 23.4 Å². The molecule has 0 aliphatic heterocycles. The Morgan fingerprint density at radius 3 is 2.65 bits per heavy atom. The van der Waals surface area contributed by atoms with E-state index >= 15 is 0 Å². The van der Waals surface area contributed by atoms with E-state index < -0.39 is 0 Å². The quantitative estimate of drug-likeness (QED) is 0.816. The maximum atomic E-state index is 6.25. The van der Waals surface area contributed by atoms with Gasteiger partial charge in [-0.3, -0.25) is 0 Å². The van der Waals surface area contributed by atoms with Gasteiger partial charge in [0.25, 0.3) is 0 Å². The second-order valence-electron chi connectivity index (χ2n) is 4.78. The molecule has 0 atom stereocenters. The summed E-state index contributed by atoms with van der Waals surface area (Å²) in [5.41, 5.74) is 6.70. The largest absolute Gasteiger partial charge is 0.326 e. The number of rotatable bonds is 4. The highest BCUT2D eigenvalue weighted by atomic mass is 35.5. The first kappa shape index (κ1) is 13.3. The minimum Gasteiger partial charge on any atom is -0.326 e. The summed E-state index contributed by atoms with van der Waals surface area (Å²) >= 11 is 8.15. The van der Waals surface area contributed by atoms with E-state index in [1.807, 2.05) is 17.8 Å². The predicted octanol–water partition coefficient (Wildman–Crippen LogP) is 4.47. The molecule has 0 aromatic heterocycles. The fourth-order valence-corrected chi connectivity index (χ4v) is 3.83. The van der Waals surface area contributed by atoms with Gasteiger partial charge in [0.1, 0.15) is 0 Å². The van der Waals surface area contributed by atoms with Gasteiger partial charge in [0, 0.05) is 17.2 Å². The molecule has 2 rings (SSSR count). The Balaban J connectivity index is 1.89. The summed E-state index contributed by atoms with van der Waals surface area (Å²) in [6, 6.07) is 6.18. The summed E-state index contributed by atoms with van der Waals surface area (Å²) in [4.78, 5) is 1.20. The van der Waals surface area contributed by atoms with Gasteiger partial charge in [0.05, 0.1) is 5.02 Å². The lowest BCUT2D eigenvalue weighted by Gasteiger charge is -2.21. The van der Waals surface area contributed by atoms with Crippen LogP contribution in [0.4, 0.5) is 0 Å². The summed E-state index contributed by atoms with van der Waals surface area (Å²) in [6.07, 6.45) is 7.03.